The van der Waals surface area contributed by atoms with E-state index in [1.807, 2.05) is 17.0 Å². The molecular weight excluding hydrogens is 362 g/mol. The fourth-order valence-corrected chi connectivity index (χ4v) is 6.40. The second kappa shape index (κ2) is 5.49. The van der Waals surface area contributed by atoms with Gasteiger partial charge in [-0.2, -0.15) is 0 Å². The number of esters is 1. The van der Waals surface area contributed by atoms with Crippen LogP contribution in [0.15, 0.2) is 12.1 Å². The first-order valence-electron chi connectivity index (χ1n) is 9.67. The summed E-state index contributed by atoms with van der Waals surface area (Å²) in [6, 6.07) is 3.85. The molecule has 3 fully saturated rings. The molecule has 1 saturated heterocycles. The van der Waals surface area contributed by atoms with E-state index >= 15 is 0 Å². The molecule has 1 aromatic carbocycles. The normalized spacial score (nSPS) is 34.8. The van der Waals surface area contributed by atoms with Gasteiger partial charge in [-0.05, 0) is 42.5 Å². The van der Waals surface area contributed by atoms with Crippen LogP contribution in [0.25, 0.3) is 0 Å². The predicted molar refractivity (Wildman–Crippen MR) is 96.9 cm³/mol. The topological polar surface area (TPSA) is 82.1 Å². The third kappa shape index (κ3) is 1.65. The minimum absolute atomic E-state index is 0.000276. The van der Waals surface area contributed by atoms with Gasteiger partial charge in [0.05, 0.1) is 38.7 Å². The maximum Gasteiger partial charge on any atom is 0.316 e. The Kier molecular flexibility index (Phi) is 3.44. The van der Waals surface area contributed by atoms with Crippen molar-refractivity contribution in [2.45, 2.75) is 31.2 Å². The van der Waals surface area contributed by atoms with Crippen LogP contribution in [0.5, 0.6) is 11.5 Å². The summed E-state index contributed by atoms with van der Waals surface area (Å²) in [6.45, 7) is 0.564. The summed E-state index contributed by atoms with van der Waals surface area (Å²) < 4.78 is 16.2. The van der Waals surface area contributed by atoms with Crippen molar-refractivity contribution in [1.82, 2.24) is 4.90 Å². The van der Waals surface area contributed by atoms with Crippen LogP contribution in [0, 0.1) is 17.3 Å². The number of piperidine rings is 1. The van der Waals surface area contributed by atoms with Gasteiger partial charge in [0.25, 0.3) is 0 Å². The molecule has 2 heterocycles. The van der Waals surface area contributed by atoms with E-state index in [4.69, 9.17) is 14.2 Å². The van der Waals surface area contributed by atoms with E-state index < -0.39 is 28.8 Å². The van der Waals surface area contributed by atoms with Crippen molar-refractivity contribution < 1.29 is 28.6 Å². The van der Waals surface area contributed by atoms with Crippen molar-refractivity contribution in [2.24, 2.45) is 17.3 Å². The number of hydrogen-bond acceptors (Lipinski definition) is 6. The maximum atomic E-state index is 13.3. The summed E-state index contributed by atoms with van der Waals surface area (Å²) in [6.07, 6.45) is 2.35. The molecule has 4 aliphatic rings. The van der Waals surface area contributed by atoms with E-state index in [-0.39, 0.29) is 11.7 Å². The van der Waals surface area contributed by atoms with Crippen LogP contribution in [-0.4, -0.2) is 50.4 Å². The van der Waals surface area contributed by atoms with E-state index in [1.165, 1.54) is 7.11 Å². The predicted octanol–water partition coefficient (Wildman–Crippen LogP) is 1.46. The summed E-state index contributed by atoms with van der Waals surface area (Å²) in [4.78, 5) is 41.0. The quantitative estimate of drug-likeness (QED) is 0.733. The molecule has 148 valence electrons. The average molecular weight is 385 g/mol. The van der Waals surface area contributed by atoms with Gasteiger partial charge in [-0.1, -0.05) is 0 Å². The molecule has 5 rings (SSSR count). The van der Waals surface area contributed by atoms with Crippen LogP contribution in [0.3, 0.4) is 0 Å². The monoisotopic (exact) mass is 385 g/mol. The summed E-state index contributed by atoms with van der Waals surface area (Å²) >= 11 is 0. The van der Waals surface area contributed by atoms with Crippen molar-refractivity contribution >= 4 is 17.7 Å². The molecule has 1 amide bonds. The van der Waals surface area contributed by atoms with Crippen molar-refractivity contribution in [3.05, 3.63) is 23.3 Å². The second-order valence-corrected chi connectivity index (χ2v) is 8.10. The number of carbonyl (C=O) groups is 3. The Bertz CT molecular complexity index is 926. The van der Waals surface area contributed by atoms with Crippen LogP contribution in [0.2, 0.25) is 0 Å². The number of Topliss-reactive ketones (excluding diaryl/α,β-unsaturated/α-hetero) is 1. The first-order valence-corrected chi connectivity index (χ1v) is 9.67. The second-order valence-electron chi connectivity index (χ2n) is 8.10. The van der Waals surface area contributed by atoms with Gasteiger partial charge in [0, 0.05) is 13.0 Å². The van der Waals surface area contributed by atoms with Crippen LogP contribution in [0.4, 0.5) is 0 Å². The molecule has 28 heavy (non-hydrogen) atoms. The van der Waals surface area contributed by atoms with Crippen molar-refractivity contribution in [3.8, 4) is 11.5 Å². The number of ether oxygens (including phenoxy) is 3. The summed E-state index contributed by atoms with van der Waals surface area (Å²) in [7, 11) is 4.49. The molecule has 7 nitrogen and oxygen atoms in total. The van der Waals surface area contributed by atoms with E-state index in [2.05, 4.69) is 0 Å². The van der Waals surface area contributed by atoms with Gasteiger partial charge in [0.15, 0.2) is 11.5 Å². The Morgan fingerprint density at radius 1 is 1.07 bits per heavy atom. The standard InChI is InChI=1S/C21H23NO6/c1-26-14-9-11-5-4-8-22-18(24)17-16-13(23)6-7-20(22,12(11)10-15(14)27-2)21(16,17)19(25)28-3/h9-10,16-17H,4-8H2,1-3H3/t16-,17-,20+,21-/m0/s1. The zero-order valence-corrected chi connectivity index (χ0v) is 16.2. The van der Waals surface area contributed by atoms with Crippen LogP contribution < -0.4 is 9.47 Å². The SMILES string of the molecule is COC(=O)[C@]12[C@@H]3C(=O)N4CCCc5cc(OC)c(OC)cc5[C@@]41CCC(=O)[C@@H]32. The largest absolute Gasteiger partial charge is 0.493 e. The Morgan fingerprint density at radius 3 is 2.46 bits per heavy atom. The highest BCUT2D eigenvalue weighted by atomic mass is 16.5. The fraction of sp³-hybridized carbons (Fsp3) is 0.571. The molecule has 0 bridgehead atoms. The molecule has 1 aromatic rings. The van der Waals surface area contributed by atoms with Gasteiger partial charge in [-0.15, -0.1) is 0 Å². The lowest BCUT2D eigenvalue weighted by atomic mass is 9.65. The third-order valence-corrected chi connectivity index (χ3v) is 7.37. The Morgan fingerprint density at radius 2 is 1.79 bits per heavy atom. The number of aryl methyl sites for hydroxylation is 1. The molecule has 4 atom stereocenters. The zero-order chi connectivity index (χ0) is 19.8. The molecular formula is C21H23NO6. The number of carbonyl (C=O) groups excluding carboxylic acids is 3. The molecule has 0 aromatic heterocycles. The van der Waals surface area contributed by atoms with Crippen LogP contribution in [0.1, 0.15) is 30.4 Å². The van der Waals surface area contributed by atoms with E-state index in [0.29, 0.717) is 30.9 Å². The minimum Gasteiger partial charge on any atom is -0.493 e. The highest BCUT2D eigenvalue weighted by Crippen LogP contribution is 2.79. The lowest BCUT2D eigenvalue weighted by Crippen LogP contribution is -2.57. The van der Waals surface area contributed by atoms with E-state index in [9.17, 15) is 14.4 Å². The fourth-order valence-electron chi connectivity index (χ4n) is 6.40. The van der Waals surface area contributed by atoms with Crippen molar-refractivity contribution in [3.63, 3.8) is 0 Å². The Hall–Kier alpha value is -2.57. The highest BCUT2D eigenvalue weighted by Gasteiger charge is 2.91. The molecule has 0 radical (unpaired) electrons. The number of rotatable bonds is 3. The first kappa shape index (κ1) is 17.5. The van der Waals surface area contributed by atoms with Gasteiger partial charge in [-0.25, -0.2) is 0 Å². The molecule has 0 N–H and O–H groups in total. The summed E-state index contributed by atoms with van der Waals surface area (Å²) in [5.74, 6) is -0.535. The number of fused-ring (bicyclic) bond motifs is 2. The average Bonchev–Trinajstić information content (AvgIpc) is 3.41. The lowest BCUT2D eigenvalue weighted by molar-refractivity contribution is -0.160. The van der Waals surface area contributed by atoms with Crippen molar-refractivity contribution in [2.75, 3.05) is 27.9 Å². The van der Waals surface area contributed by atoms with E-state index in [1.54, 1.807) is 14.2 Å². The maximum absolute atomic E-state index is 13.3. The minimum atomic E-state index is -1.12. The molecule has 7 heteroatoms. The van der Waals surface area contributed by atoms with Crippen LogP contribution in [-0.2, 0) is 31.1 Å². The van der Waals surface area contributed by atoms with Gasteiger partial charge in [0.2, 0.25) is 5.91 Å². The van der Waals surface area contributed by atoms with Gasteiger partial charge >= 0.3 is 5.97 Å². The summed E-state index contributed by atoms with van der Waals surface area (Å²) in [5, 5.41) is 0. The number of amides is 1. The number of nitrogens with zero attached hydrogens (tertiary/aromatic N) is 1. The molecule has 2 saturated carbocycles. The van der Waals surface area contributed by atoms with E-state index in [0.717, 1.165) is 24.0 Å². The van der Waals surface area contributed by atoms with Crippen LogP contribution >= 0.6 is 0 Å². The molecule has 1 spiro atoms. The molecule has 2 aliphatic carbocycles. The summed E-state index contributed by atoms with van der Waals surface area (Å²) in [5.41, 5.74) is -0.0330. The number of benzene rings is 1. The number of methoxy groups -OCH3 is 3. The zero-order valence-electron chi connectivity index (χ0n) is 16.2. The first-order chi connectivity index (χ1) is 13.5. The Labute approximate surface area is 162 Å². The number of ketones is 1. The van der Waals surface area contributed by atoms with Gasteiger partial charge in [0.1, 0.15) is 11.2 Å². The smallest absolute Gasteiger partial charge is 0.316 e. The third-order valence-electron chi connectivity index (χ3n) is 7.37. The Balaban J connectivity index is 1.82. The molecule has 0 unspecified atom stereocenters. The lowest BCUT2D eigenvalue weighted by Gasteiger charge is -2.47. The highest BCUT2D eigenvalue weighted by molar-refractivity contribution is 6.10. The van der Waals surface area contributed by atoms with Crippen molar-refractivity contribution in [1.29, 1.82) is 0 Å². The number of hydrogen-bond donors (Lipinski definition) is 0. The van der Waals surface area contributed by atoms with Gasteiger partial charge < -0.3 is 19.1 Å². The van der Waals surface area contributed by atoms with Gasteiger partial charge in [-0.3, -0.25) is 14.4 Å². The molecule has 2 aliphatic heterocycles.